The van der Waals surface area contributed by atoms with E-state index in [2.05, 4.69) is 0 Å². The van der Waals surface area contributed by atoms with E-state index in [1.807, 2.05) is 47.5 Å². The van der Waals surface area contributed by atoms with Crippen LogP contribution in [0.25, 0.3) is 0 Å². The minimum Gasteiger partial charge on any atom is -0.481 e. The summed E-state index contributed by atoms with van der Waals surface area (Å²) in [7, 11) is 0. The van der Waals surface area contributed by atoms with E-state index < -0.39 is 11.9 Å². The number of ether oxygens (including phenoxy) is 1. The van der Waals surface area contributed by atoms with Crippen LogP contribution in [0.2, 0.25) is 5.02 Å². The monoisotopic (exact) mass is 321 g/mol. The van der Waals surface area contributed by atoms with E-state index in [-0.39, 0.29) is 19.4 Å². The Morgan fingerprint density at radius 3 is 2.55 bits per heavy atom. The molecule has 1 aliphatic rings. The van der Waals surface area contributed by atoms with Gasteiger partial charge < -0.3 is 14.7 Å². The van der Waals surface area contributed by atoms with Crippen molar-refractivity contribution in [1.29, 1.82) is 0 Å². The van der Waals surface area contributed by atoms with Crippen molar-refractivity contribution in [2.24, 2.45) is 0 Å². The average molecular weight is 322 g/mol. The van der Waals surface area contributed by atoms with Crippen LogP contribution in [0.4, 0.5) is 5.69 Å². The maximum atomic E-state index is 11.3. The van der Waals surface area contributed by atoms with Crippen LogP contribution < -0.4 is 4.90 Å². The molecule has 116 valence electrons. The van der Waals surface area contributed by atoms with Gasteiger partial charge in [0.25, 0.3) is 0 Å². The number of carboxylic acid groups (broad SMARTS) is 1. The molecule has 0 unspecified atom stereocenters. The first kappa shape index (κ1) is 16.1. The molecule has 0 saturated carbocycles. The highest BCUT2D eigenvalue weighted by molar-refractivity contribution is 6.30. The highest BCUT2D eigenvalue weighted by atomic mass is 35.5. The molecule has 0 spiro atoms. The van der Waals surface area contributed by atoms with Gasteiger partial charge in [0.1, 0.15) is 6.61 Å². The van der Waals surface area contributed by atoms with Gasteiger partial charge in [0.15, 0.2) is 0 Å². The van der Waals surface area contributed by atoms with Crippen molar-refractivity contribution in [3.8, 4) is 0 Å². The summed E-state index contributed by atoms with van der Waals surface area (Å²) in [6.45, 7) is 0.823. The first-order valence-corrected chi connectivity index (χ1v) is 7.19. The van der Waals surface area contributed by atoms with Crippen molar-refractivity contribution in [2.45, 2.75) is 12.8 Å². The molecule has 1 aromatic carbocycles. The molecule has 22 heavy (non-hydrogen) atoms. The summed E-state index contributed by atoms with van der Waals surface area (Å²) in [6, 6.07) is 7.51. The number of halogens is 1. The zero-order valence-corrected chi connectivity index (χ0v) is 12.6. The quantitative estimate of drug-likeness (QED) is 0.816. The summed E-state index contributed by atoms with van der Waals surface area (Å²) in [6.07, 6.45) is 5.41. The van der Waals surface area contributed by atoms with Gasteiger partial charge in [-0.15, -0.1) is 0 Å². The molecule has 0 fully saturated rings. The van der Waals surface area contributed by atoms with Crippen LogP contribution >= 0.6 is 11.6 Å². The molecule has 5 nitrogen and oxygen atoms in total. The molecule has 2 rings (SSSR count). The fourth-order valence-corrected chi connectivity index (χ4v) is 2.03. The van der Waals surface area contributed by atoms with Crippen LogP contribution in [-0.4, -0.2) is 30.2 Å². The number of carboxylic acids is 1. The van der Waals surface area contributed by atoms with Crippen molar-refractivity contribution in [1.82, 2.24) is 0 Å². The number of carbonyl (C=O) groups is 2. The molecule has 0 bridgehead atoms. The Morgan fingerprint density at radius 1 is 1.23 bits per heavy atom. The van der Waals surface area contributed by atoms with Crippen molar-refractivity contribution in [3.05, 3.63) is 53.2 Å². The summed E-state index contributed by atoms with van der Waals surface area (Å²) < 4.78 is 5.03. The Balaban J connectivity index is 1.80. The van der Waals surface area contributed by atoms with Gasteiger partial charge in [-0.2, -0.15) is 0 Å². The smallest absolute Gasteiger partial charge is 0.306 e. The first-order valence-electron chi connectivity index (χ1n) is 6.81. The van der Waals surface area contributed by atoms with Gasteiger partial charge in [-0.25, -0.2) is 0 Å². The van der Waals surface area contributed by atoms with Crippen LogP contribution in [0.3, 0.4) is 0 Å². The van der Waals surface area contributed by atoms with E-state index in [0.29, 0.717) is 11.6 Å². The Kier molecular flexibility index (Phi) is 5.61. The second-order valence-corrected chi connectivity index (χ2v) is 5.21. The number of benzene rings is 1. The van der Waals surface area contributed by atoms with Gasteiger partial charge in [-0.05, 0) is 35.9 Å². The van der Waals surface area contributed by atoms with Crippen LogP contribution in [-0.2, 0) is 14.3 Å². The van der Waals surface area contributed by atoms with Gasteiger partial charge in [0.2, 0.25) is 0 Å². The number of anilines is 1. The van der Waals surface area contributed by atoms with Gasteiger partial charge in [-0.1, -0.05) is 17.7 Å². The number of rotatable bonds is 6. The predicted molar refractivity (Wildman–Crippen MR) is 83.8 cm³/mol. The molecule has 0 atom stereocenters. The topological polar surface area (TPSA) is 66.8 Å². The highest BCUT2D eigenvalue weighted by Gasteiger charge is 2.10. The van der Waals surface area contributed by atoms with Crippen LogP contribution in [0.15, 0.2) is 48.2 Å². The standard InChI is InChI=1S/C16H16ClNO4/c17-13-1-3-14(4-2-13)18-9-7-12(8-10-18)11-22-16(21)6-5-15(19)20/h1-4,7-9H,5-6,10-11H2,(H,19,20). The zero-order valence-electron chi connectivity index (χ0n) is 11.9. The third kappa shape index (κ3) is 4.93. The minimum absolute atomic E-state index is 0.108. The van der Waals surface area contributed by atoms with E-state index in [1.54, 1.807) is 0 Å². The second-order valence-electron chi connectivity index (χ2n) is 4.78. The number of carbonyl (C=O) groups excluding carboxylic acids is 1. The van der Waals surface area contributed by atoms with E-state index >= 15 is 0 Å². The third-order valence-corrected chi connectivity index (χ3v) is 3.37. The number of hydrogen-bond donors (Lipinski definition) is 1. The third-order valence-electron chi connectivity index (χ3n) is 3.12. The SMILES string of the molecule is O=C(O)CCC(=O)OCC1=CCN(c2ccc(Cl)cc2)C=C1. The minimum atomic E-state index is -1.01. The lowest BCUT2D eigenvalue weighted by Crippen LogP contribution is -2.20. The van der Waals surface area contributed by atoms with Gasteiger partial charge in [-0.3, -0.25) is 9.59 Å². The van der Waals surface area contributed by atoms with E-state index in [0.717, 1.165) is 11.3 Å². The highest BCUT2D eigenvalue weighted by Crippen LogP contribution is 2.20. The normalized spacial score (nSPS) is 13.7. The van der Waals surface area contributed by atoms with Crippen molar-refractivity contribution >= 4 is 29.2 Å². The van der Waals surface area contributed by atoms with Gasteiger partial charge in [0.05, 0.1) is 12.8 Å². The molecule has 0 aliphatic carbocycles. The fraction of sp³-hybridized carbons (Fsp3) is 0.250. The molecule has 1 heterocycles. The molecule has 6 heteroatoms. The van der Waals surface area contributed by atoms with Gasteiger partial charge in [0, 0.05) is 23.5 Å². The van der Waals surface area contributed by atoms with E-state index in [4.69, 9.17) is 21.4 Å². The summed E-state index contributed by atoms with van der Waals surface area (Å²) in [5.41, 5.74) is 1.91. The van der Waals surface area contributed by atoms with Crippen molar-refractivity contribution in [2.75, 3.05) is 18.1 Å². The first-order chi connectivity index (χ1) is 10.5. The Labute approximate surface area is 133 Å². The van der Waals surface area contributed by atoms with Crippen molar-refractivity contribution < 1.29 is 19.4 Å². The molecule has 1 N–H and O–H groups in total. The van der Waals surface area contributed by atoms with E-state index in [1.165, 1.54) is 0 Å². The molecular weight excluding hydrogens is 306 g/mol. The molecule has 0 radical (unpaired) electrons. The largest absolute Gasteiger partial charge is 0.481 e. The average Bonchev–Trinajstić information content (AvgIpc) is 2.52. The Bertz CT molecular complexity index is 607. The molecule has 1 aromatic rings. The molecule has 0 saturated heterocycles. The van der Waals surface area contributed by atoms with Crippen molar-refractivity contribution in [3.63, 3.8) is 0 Å². The number of aliphatic carboxylic acids is 1. The van der Waals surface area contributed by atoms with Crippen LogP contribution in [0.5, 0.6) is 0 Å². The summed E-state index contributed by atoms with van der Waals surface area (Å²) in [5, 5.41) is 9.18. The molecule has 1 aliphatic heterocycles. The second kappa shape index (κ2) is 7.66. The molecular formula is C16H16ClNO4. The summed E-state index contributed by atoms with van der Waals surface area (Å²) in [5.74, 6) is -1.51. The molecule has 0 aromatic heterocycles. The van der Waals surface area contributed by atoms with Crippen LogP contribution in [0, 0.1) is 0 Å². The van der Waals surface area contributed by atoms with Crippen LogP contribution in [0.1, 0.15) is 12.8 Å². The zero-order chi connectivity index (χ0) is 15.9. The predicted octanol–water partition coefficient (Wildman–Crippen LogP) is 3.01. The van der Waals surface area contributed by atoms with E-state index in [9.17, 15) is 9.59 Å². The Morgan fingerprint density at radius 2 is 1.95 bits per heavy atom. The Hall–Kier alpha value is -2.27. The fourth-order valence-electron chi connectivity index (χ4n) is 1.91. The van der Waals surface area contributed by atoms with Gasteiger partial charge >= 0.3 is 11.9 Å². The maximum Gasteiger partial charge on any atom is 0.306 e. The number of hydrogen-bond acceptors (Lipinski definition) is 4. The molecule has 0 amide bonds. The number of nitrogens with zero attached hydrogens (tertiary/aromatic N) is 1. The lowest BCUT2D eigenvalue weighted by atomic mass is 10.2. The lowest BCUT2D eigenvalue weighted by molar-refractivity contribution is -0.146. The lowest BCUT2D eigenvalue weighted by Gasteiger charge is -2.22. The summed E-state index contributed by atoms with van der Waals surface area (Å²) in [4.78, 5) is 23.7. The summed E-state index contributed by atoms with van der Waals surface area (Å²) >= 11 is 5.86. The number of esters is 1. The maximum absolute atomic E-state index is 11.3.